The molecule has 1 unspecified atom stereocenters. The molecule has 0 bridgehead atoms. The lowest BCUT2D eigenvalue weighted by molar-refractivity contribution is 0.465. The van der Waals surface area contributed by atoms with E-state index in [0.29, 0.717) is 6.04 Å². The summed E-state index contributed by atoms with van der Waals surface area (Å²) in [5.74, 6) is 0. The molecule has 2 nitrogen and oxygen atoms in total. The Kier molecular flexibility index (Phi) is 4.24. The van der Waals surface area contributed by atoms with Crippen molar-refractivity contribution in [1.29, 1.82) is 0 Å². The van der Waals surface area contributed by atoms with Crippen molar-refractivity contribution in [2.75, 3.05) is 6.54 Å². The van der Waals surface area contributed by atoms with Crippen LogP contribution in [0.4, 0.5) is 0 Å². The fourth-order valence-corrected chi connectivity index (χ4v) is 4.79. The summed E-state index contributed by atoms with van der Waals surface area (Å²) in [6.45, 7) is 5.28. The second-order valence-corrected chi connectivity index (χ2v) is 7.25. The Morgan fingerprint density at radius 1 is 1.45 bits per heavy atom. The van der Waals surface area contributed by atoms with Crippen LogP contribution in [-0.4, -0.2) is 11.5 Å². The number of thiazole rings is 1. The van der Waals surface area contributed by atoms with Gasteiger partial charge in [-0.05, 0) is 44.4 Å². The highest BCUT2D eigenvalue weighted by Crippen LogP contribution is 2.39. The molecule has 0 fully saturated rings. The molecular formula is C16H19BrN2S. The molecule has 0 radical (unpaired) electrons. The highest BCUT2D eigenvalue weighted by atomic mass is 79.9. The van der Waals surface area contributed by atoms with Crippen molar-refractivity contribution in [2.45, 2.75) is 39.2 Å². The average molecular weight is 351 g/mol. The van der Waals surface area contributed by atoms with Gasteiger partial charge in [0, 0.05) is 14.9 Å². The van der Waals surface area contributed by atoms with E-state index in [0.717, 1.165) is 16.0 Å². The summed E-state index contributed by atoms with van der Waals surface area (Å²) in [5, 5.41) is 4.71. The number of nitrogens with zero attached hydrogens (tertiary/aromatic N) is 1. The number of halogens is 1. The van der Waals surface area contributed by atoms with Gasteiger partial charge in [-0.3, -0.25) is 0 Å². The standard InChI is InChI=1S/C16H19BrN2S/c1-3-18-13-5-4-6-14-15(13)19-16(20-14)11-8-7-10(2)9-12(11)17/h7-9,13,18H,3-6H2,1-2H3. The molecule has 1 N–H and O–H groups in total. The van der Waals surface area contributed by atoms with Crippen LogP contribution in [-0.2, 0) is 6.42 Å². The molecule has 3 rings (SSSR count). The normalized spacial score (nSPS) is 18.1. The van der Waals surface area contributed by atoms with E-state index in [1.807, 2.05) is 11.3 Å². The minimum atomic E-state index is 0.443. The van der Waals surface area contributed by atoms with Crippen LogP contribution < -0.4 is 5.32 Å². The van der Waals surface area contributed by atoms with Crippen molar-refractivity contribution in [3.63, 3.8) is 0 Å². The molecule has 0 amide bonds. The second kappa shape index (κ2) is 5.96. The van der Waals surface area contributed by atoms with Crippen LogP contribution >= 0.6 is 27.3 Å². The van der Waals surface area contributed by atoms with Crippen LogP contribution in [0.1, 0.15) is 41.9 Å². The van der Waals surface area contributed by atoms with Crippen molar-refractivity contribution in [1.82, 2.24) is 10.3 Å². The van der Waals surface area contributed by atoms with E-state index < -0.39 is 0 Å². The zero-order valence-corrected chi connectivity index (χ0v) is 14.3. The summed E-state index contributed by atoms with van der Waals surface area (Å²) in [6.07, 6.45) is 3.65. The molecule has 0 aliphatic heterocycles. The summed E-state index contributed by atoms with van der Waals surface area (Å²) in [6, 6.07) is 6.93. The Bertz CT molecular complexity index is 621. The summed E-state index contributed by atoms with van der Waals surface area (Å²) in [5.41, 5.74) is 3.77. The van der Waals surface area contributed by atoms with Crippen LogP contribution in [0, 0.1) is 6.92 Å². The topological polar surface area (TPSA) is 24.9 Å². The summed E-state index contributed by atoms with van der Waals surface area (Å²) < 4.78 is 1.14. The molecule has 1 aromatic carbocycles. The lowest BCUT2D eigenvalue weighted by atomic mass is 9.97. The molecule has 4 heteroatoms. The van der Waals surface area contributed by atoms with Crippen LogP contribution in [0.3, 0.4) is 0 Å². The molecule has 1 aliphatic rings. The summed E-state index contributed by atoms with van der Waals surface area (Å²) in [4.78, 5) is 6.40. The van der Waals surface area contributed by atoms with Gasteiger partial charge in [-0.15, -0.1) is 11.3 Å². The maximum absolute atomic E-state index is 4.94. The van der Waals surface area contributed by atoms with E-state index in [2.05, 4.69) is 53.3 Å². The van der Waals surface area contributed by atoms with Gasteiger partial charge < -0.3 is 5.32 Å². The first-order valence-electron chi connectivity index (χ1n) is 7.18. The van der Waals surface area contributed by atoms with Crippen LogP contribution in [0.25, 0.3) is 10.6 Å². The number of benzene rings is 1. The van der Waals surface area contributed by atoms with Gasteiger partial charge in [-0.2, -0.15) is 0 Å². The number of rotatable bonds is 3. The highest BCUT2D eigenvalue weighted by molar-refractivity contribution is 9.10. The van der Waals surface area contributed by atoms with E-state index in [9.17, 15) is 0 Å². The Hall–Kier alpha value is -0.710. The van der Waals surface area contributed by atoms with Crippen molar-refractivity contribution in [2.24, 2.45) is 0 Å². The SMILES string of the molecule is CCNC1CCCc2sc(-c3ccc(C)cc3Br)nc21. The van der Waals surface area contributed by atoms with Crippen LogP contribution in [0.2, 0.25) is 0 Å². The Labute approximate surface area is 132 Å². The predicted octanol–water partition coefficient (Wildman–Crippen LogP) is 4.87. The number of aromatic nitrogens is 1. The minimum absolute atomic E-state index is 0.443. The number of fused-ring (bicyclic) bond motifs is 1. The number of hydrogen-bond donors (Lipinski definition) is 1. The van der Waals surface area contributed by atoms with Crippen molar-refractivity contribution < 1.29 is 0 Å². The molecule has 2 aromatic rings. The van der Waals surface area contributed by atoms with Gasteiger partial charge in [0.15, 0.2) is 0 Å². The van der Waals surface area contributed by atoms with Gasteiger partial charge in [0.2, 0.25) is 0 Å². The van der Waals surface area contributed by atoms with Gasteiger partial charge >= 0.3 is 0 Å². The fraction of sp³-hybridized carbons (Fsp3) is 0.438. The first kappa shape index (κ1) is 14.2. The Morgan fingerprint density at radius 3 is 3.05 bits per heavy atom. The molecule has 106 valence electrons. The number of nitrogens with one attached hydrogen (secondary N) is 1. The van der Waals surface area contributed by atoms with Gasteiger partial charge in [-0.25, -0.2) is 4.98 Å². The third-order valence-electron chi connectivity index (χ3n) is 3.76. The van der Waals surface area contributed by atoms with E-state index in [-0.39, 0.29) is 0 Å². The second-order valence-electron chi connectivity index (χ2n) is 5.31. The smallest absolute Gasteiger partial charge is 0.125 e. The van der Waals surface area contributed by atoms with Crippen LogP contribution in [0.15, 0.2) is 22.7 Å². The molecule has 1 aromatic heterocycles. The fourth-order valence-electron chi connectivity index (χ4n) is 2.77. The zero-order chi connectivity index (χ0) is 14.1. The van der Waals surface area contributed by atoms with Crippen molar-refractivity contribution in [3.05, 3.63) is 38.8 Å². The Balaban J connectivity index is 2.00. The lowest BCUT2D eigenvalue weighted by Gasteiger charge is -2.21. The summed E-state index contributed by atoms with van der Waals surface area (Å²) in [7, 11) is 0. The maximum Gasteiger partial charge on any atom is 0.125 e. The average Bonchev–Trinajstić information content (AvgIpc) is 2.83. The number of hydrogen-bond acceptors (Lipinski definition) is 3. The molecular weight excluding hydrogens is 332 g/mol. The van der Waals surface area contributed by atoms with Gasteiger partial charge in [-0.1, -0.05) is 35.0 Å². The molecule has 1 aliphatic carbocycles. The molecule has 0 spiro atoms. The molecule has 0 saturated heterocycles. The van der Waals surface area contributed by atoms with Crippen molar-refractivity contribution in [3.8, 4) is 10.6 Å². The molecule has 0 saturated carbocycles. The number of aryl methyl sites for hydroxylation is 2. The maximum atomic E-state index is 4.94. The largest absolute Gasteiger partial charge is 0.309 e. The Morgan fingerprint density at radius 2 is 2.30 bits per heavy atom. The monoisotopic (exact) mass is 350 g/mol. The first-order chi connectivity index (χ1) is 9.69. The van der Waals surface area contributed by atoms with E-state index in [1.54, 1.807) is 0 Å². The lowest BCUT2D eigenvalue weighted by Crippen LogP contribution is -2.24. The zero-order valence-electron chi connectivity index (χ0n) is 11.9. The quantitative estimate of drug-likeness (QED) is 0.854. The first-order valence-corrected chi connectivity index (χ1v) is 8.79. The third kappa shape index (κ3) is 2.69. The van der Waals surface area contributed by atoms with E-state index in [1.165, 1.54) is 41.0 Å². The predicted molar refractivity (Wildman–Crippen MR) is 89.3 cm³/mol. The van der Waals surface area contributed by atoms with Crippen LogP contribution in [0.5, 0.6) is 0 Å². The highest BCUT2D eigenvalue weighted by Gasteiger charge is 2.24. The van der Waals surface area contributed by atoms with Gasteiger partial charge in [0.1, 0.15) is 5.01 Å². The molecule has 20 heavy (non-hydrogen) atoms. The minimum Gasteiger partial charge on any atom is -0.309 e. The molecule has 1 atom stereocenters. The van der Waals surface area contributed by atoms with E-state index in [4.69, 9.17) is 4.98 Å². The molecule has 1 heterocycles. The van der Waals surface area contributed by atoms with E-state index >= 15 is 0 Å². The van der Waals surface area contributed by atoms with Gasteiger partial charge in [0.05, 0.1) is 11.7 Å². The summed E-state index contributed by atoms with van der Waals surface area (Å²) >= 11 is 5.53. The van der Waals surface area contributed by atoms with Crippen molar-refractivity contribution >= 4 is 27.3 Å². The third-order valence-corrected chi connectivity index (χ3v) is 5.58. The van der Waals surface area contributed by atoms with Gasteiger partial charge in [0.25, 0.3) is 0 Å².